The minimum absolute atomic E-state index is 0.0508. The molecule has 2 heterocycles. The molecule has 0 aromatic carbocycles. The molecule has 1 fully saturated rings. The van der Waals surface area contributed by atoms with Gasteiger partial charge in [0, 0.05) is 16.7 Å². The monoisotopic (exact) mass is 419 g/mol. The van der Waals surface area contributed by atoms with Gasteiger partial charge in [-0.05, 0) is 35.4 Å². The summed E-state index contributed by atoms with van der Waals surface area (Å²) in [6.07, 6.45) is 2.40. The van der Waals surface area contributed by atoms with Crippen molar-refractivity contribution >= 4 is 45.5 Å². The minimum atomic E-state index is 0.0508. The van der Waals surface area contributed by atoms with E-state index in [-0.39, 0.29) is 5.41 Å². The van der Waals surface area contributed by atoms with Gasteiger partial charge in [-0.1, -0.05) is 32.4 Å². The van der Waals surface area contributed by atoms with Crippen LogP contribution in [0, 0.1) is 3.57 Å². The lowest BCUT2D eigenvalue weighted by atomic mass is 9.98. The van der Waals surface area contributed by atoms with Gasteiger partial charge in [-0.25, -0.2) is 15.0 Å². The molecule has 106 valence electrons. The number of hydrogen-bond acceptors (Lipinski definition) is 4. The summed E-state index contributed by atoms with van der Waals surface area (Å²) in [5.74, 6) is 1.21. The molecule has 0 bridgehead atoms. The number of aromatic nitrogens is 3. The molecule has 0 atom stereocenters. The molecule has 0 saturated heterocycles. The van der Waals surface area contributed by atoms with E-state index in [1.54, 1.807) is 11.3 Å². The molecule has 1 aliphatic carbocycles. The molecule has 0 N–H and O–H groups in total. The normalized spacial score (nSPS) is 15.7. The highest BCUT2D eigenvalue weighted by atomic mass is 127. The summed E-state index contributed by atoms with van der Waals surface area (Å²) in [5, 5.41) is 3.66. The van der Waals surface area contributed by atoms with Crippen molar-refractivity contribution in [2.24, 2.45) is 0 Å². The molecule has 0 aliphatic heterocycles. The van der Waals surface area contributed by atoms with Gasteiger partial charge in [0.25, 0.3) is 0 Å². The fourth-order valence-corrected chi connectivity index (χ4v) is 3.64. The topological polar surface area (TPSA) is 38.7 Å². The van der Waals surface area contributed by atoms with Crippen LogP contribution in [0.1, 0.15) is 50.2 Å². The Morgan fingerprint density at radius 3 is 2.50 bits per heavy atom. The predicted molar refractivity (Wildman–Crippen MR) is 91.5 cm³/mol. The van der Waals surface area contributed by atoms with Crippen LogP contribution in [0.2, 0.25) is 5.15 Å². The molecule has 1 saturated carbocycles. The highest BCUT2D eigenvalue weighted by Gasteiger charge is 2.29. The first-order valence-corrected chi connectivity index (χ1v) is 8.89. The summed E-state index contributed by atoms with van der Waals surface area (Å²) >= 11 is 10.1. The number of nitrogens with zero attached hydrogens (tertiary/aromatic N) is 3. The third-order valence-corrected chi connectivity index (χ3v) is 6.10. The van der Waals surface area contributed by atoms with Crippen molar-refractivity contribution in [1.82, 2.24) is 15.0 Å². The van der Waals surface area contributed by atoms with Crippen molar-refractivity contribution in [3.8, 4) is 11.5 Å². The van der Waals surface area contributed by atoms with E-state index in [2.05, 4.69) is 53.3 Å². The highest BCUT2D eigenvalue weighted by Crippen LogP contribution is 2.43. The zero-order valence-corrected chi connectivity index (χ0v) is 15.3. The first kappa shape index (κ1) is 14.7. The van der Waals surface area contributed by atoms with Crippen molar-refractivity contribution in [3.05, 3.63) is 24.8 Å². The van der Waals surface area contributed by atoms with E-state index in [1.807, 2.05) is 5.38 Å². The third-order valence-electron chi connectivity index (χ3n) is 3.18. The van der Waals surface area contributed by atoms with Gasteiger partial charge in [-0.2, -0.15) is 0 Å². The number of halogens is 2. The summed E-state index contributed by atoms with van der Waals surface area (Å²) in [5.41, 5.74) is 1.97. The maximum absolute atomic E-state index is 6.25. The van der Waals surface area contributed by atoms with Crippen LogP contribution in [0.4, 0.5) is 0 Å². The molecule has 3 rings (SSSR count). The average molecular weight is 420 g/mol. The summed E-state index contributed by atoms with van der Waals surface area (Å²) in [7, 11) is 0. The molecule has 0 radical (unpaired) electrons. The van der Waals surface area contributed by atoms with Gasteiger partial charge in [-0.3, -0.25) is 0 Å². The number of rotatable bonds is 2. The van der Waals surface area contributed by atoms with E-state index in [0.29, 0.717) is 16.9 Å². The first-order valence-electron chi connectivity index (χ1n) is 6.55. The molecule has 2 aromatic rings. The molecule has 3 nitrogen and oxygen atoms in total. The maximum Gasteiger partial charge on any atom is 0.180 e. The molecule has 0 spiro atoms. The van der Waals surface area contributed by atoms with Crippen LogP contribution in [0.25, 0.3) is 11.5 Å². The summed E-state index contributed by atoms with van der Waals surface area (Å²) in [4.78, 5) is 13.8. The summed E-state index contributed by atoms with van der Waals surface area (Å²) < 4.78 is 0.988. The Balaban J connectivity index is 2.04. The van der Waals surface area contributed by atoms with E-state index in [9.17, 15) is 0 Å². The van der Waals surface area contributed by atoms with E-state index in [1.165, 1.54) is 12.8 Å². The highest BCUT2D eigenvalue weighted by molar-refractivity contribution is 14.1. The lowest BCUT2D eigenvalue weighted by Crippen LogP contribution is -2.10. The minimum Gasteiger partial charge on any atom is -0.237 e. The van der Waals surface area contributed by atoms with Crippen LogP contribution in [-0.2, 0) is 5.41 Å². The van der Waals surface area contributed by atoms with Gasteiger partial charge in [-0.15, -0.1) is 11.3 Å². The second kappa shape index (κ2) is 5.18. The Morgan fingerprint density at radius 2 is 1.95 bits per heavy atom. The maximum atomic E-state index is 6.25. The first-order chi connectivity index (χ1) is 9.36. The Labute approximate surface area is 141 Å². The lowest BCUT2D eigenvalue weighted by molar-refractivity contribution is 0.586. The number of hydrogen-bond donors (Lipinski definition) is 0. The second-order valence-corrected chi connectivity index (χ2v) is 8.39. The average Bonchev–Trinajstić information content (AvgIpc) is 3.06. The summed E-state index contributed by atoms with van der Waals surface area (Å²) in [6.45, 7) is 6.48. The Morgan fingerprint density at radius 1 is 1.25 bits per heavy atom. The van der Waals surface area contributed by atoms with Crippen LogP contribution in [0.15, 0.2) is 5.38 Å². The standard InChI is InChI=1S/C14H15ClIN3S/c1-14(2,3)13-17-8(6-20-13)12-18-10(7-4-5-7)9(16)11(15)19-12/h6-7H,4-5H2,1-3H3. The summed E-state index contributed by atoms with van der Waals surface area (Å²) in [6, 6.07) is 0. The molecule has 1 aliphatic rings. The van der Waals surface area contributed by atoms with Crippen LogP contribution < -0.4 is 0 Å². The zero-order valence-electron chi connectivity index (χ0n) is 11.6. The van der Waals surface area contributed by atoms with Crippen LogP contribution in [0.5, 0.6) is 0 Å². The van der Waals surface area contributed by atoms with Gasteiger partial charge >= 0.3 is 0 Å². The van der Waals surface area contributed by atoms with Crippen molar-refractivity contribution < 1.29 is 0 Å². The third kappa shape index (κ3) is 2.85. The fraction of sp³-hybridized carbons (Fsp3) is 0.500. The second-order valence-electron chi connectivity index (χ2n) is 6.10. The molecular weight excluding hydrogens is 405 g/mol. The number of thiazole rings is 1. The van der Waals surface area contributed by atoms with Crippen LogP contribution >= 0.6 is 45.5 Å². The van der Waals surface area contributed by atoms with Gasteiger partial charge < -0.3 is 0 Å². The molecule has 20 heavy (non-hydrogen) atoms. The Bertz CT molecular complexity index is 659. The van der Waals surface area contributed by atoms with Gasteiger partial charge in [0.2, 0.25) is 0 Å². The molecule has 2 aromatic heterocycles. The van der Waals surface area contributed by atoms with E-state index in [0.717, 1.165) is 20.0 Å². The van der Waals surface area contributed by atoms with Gasteiger partial charge in [0.05, 0.1) is 14.3 Å². The fourth-order valence-electron chi connectivity index (χ4n) is 1.90. The molecular formula is C14H15ClIN3S. The Hall–Kier alpha value is -0.270. The lowest BCUT2D eigenvalue weighted by Gasteiger charge is -2.13. The van der Waals surface area contributed by atoms with Crippen molar-refractivity contribution in [2.45, 2.75) is 44.9 Å². The smallest absolute Gasteiger partial charge is 0.180 e. The predicted octanol–water partition coefficient (Wildman–Crippen LogP) is 5.03. The largest absolute Gasteiger partial charge is 0.237 e. The van der Waals surface area contributed by atoms with Gasteiger partial charge in [0.1, 0.15) is 10.8 Å². The van der Waals surface area contributed by atoms with Crippen molar-refractivity contribution in [2.75, 3.05) is 0 Å². The van der Waals surface area contributed by atoms with Crippen molar-refractivity contribution in [1.29, 1.82) is 0 Å². The zero-order chi connectivity index (χ0) is 14.5. The quantitative estimate of drug-likeness (QED) is 0.506. The molecule has 6 heteroatoms. The van der Waals surface area contributed by atoms with Gasteiger partial charge in [0.15, 0.2) is 5.82 Å². The SMILES string of the molecule is CC(C)(C)c1nc(-c2nc(Cl)c(I)c(C3CC3)n2)cs1. The van der Waals surface area contributed by atoms with Crippen molar-refractivity contribution in [3.63, 3.8) is 0 Å². The molecule has 0 unspecified atom stereocenters. The Kier molecular flexibility index (Phi) is 3.79. The molecule has 0 amide bonds. The van der Waals surface area contributed by atoms with E-state index in [4.69, 9.17) is 16.6 Å². The van der Waals surface area contributed by atoms with Crippen LogP contribution in [0.3, 0.4) is 0 Å². The van der Waals surface area contributed by atoms with E-state index >= 15 is 0 Å². The van der Waals surface area contributed by atoms with Crippen LogP contribution in [-0.4, -0.2) is 15.0 Å². The van der Waals surface area contributed by atoms with E-state index < -0.39 is 0 Å².